The van der Waals surface area contributed by atoms with Gasteiger partial charge in [0.05, 0.1) is 66.7 Å². The van der Waals surface area contributed by atoms with E-state index in [2.05, 4.69) is 32.2 Å². The maximum atomic E-state index is 14.4. The summed E-state index contributed by atoms with van der Waals surface area (Å²) < 4.78 is 39.0. The summed E-state index contributed by atoms with van der Waals surface area (Å²) in [5.41, 5.74) is -3.23. The molecule has 3 saturated heterocycles. The van der Waals surface area contributed by atoms with Crippen LogP contribution < -0.4 is 15.8 Å². The lowest BCUT2D eigenvalue weighted by Crippen LogP contribution is -2.59. The number of carboxylic acid groups (broad SMARTS) is 1. The maximum absolute atomic E-state index is 14.4. The lowest BCUT2D eigenvalue weighted by molar-refractivity contribution is -0.301. The van der Waals surface area contributed by atoms with E-state index in [9.17, 15) is 44.7 Å². The standard InChI is InChI=1S/C61H103N7O16/c1-17-47-61(11,77)54(73)37(4)50(64-80-28-27-67(18-2)26-20-22-42-30-45(65(12)13)46(69)35-79-42)36(3)31-59(8,9)53(72)38(5)52(39(6)58(76)82-47)84-49-32-60(10,78-16)55(40(7)81-49)83-48(70)23-25-62-24-19-21-41-29-43-51(71)44(57(74)75)34-68(66(14)15)56(43)63-33-41/h29,33-34,36-40,42,45-47,49,52-55,62,69,72-73,77H,17-28,30-32,35H2,1-16H3,(H,74,75)/b64-50+/t36-,37?,38+,39-,40+,42-,45+,46+,47-,49+,52+,53-,54-,55+,60-,61-/m1/s1. The van der Waals surface area contributed by atoms with Gasteiger partial charge in [-0.05, 0) is 129 Å². The summed E-state index contributed by atoms with van der Waals surface area (Å²) in [5.74, 6) is -5.32. The lowest BCUT2D eigenvalue weighted by Gasteiger charge is -2.48. The quantitative estimate of drug-likeness (QED) is 0.0484. The number of likely N-dealkylation sites (N-methyl/N-ethyl adjacent to an activating group) is 2. The molecule has 0 aromatic carbocycles. The highest BCUT2D eigenvalue weighted by Crippen LogP contribution is 2.42. The Hall–Kier alpha value is -4.40. The molecule has 3 fully saturated rings. The van der Waals surface area contributed by atoms with Crippen molar-refractivity contribution in [3.8, 4) is 0 Å². The van der Waals surface area contributed by atoms with Crippen molar-refractivity contribution in [1.29, 1.82) is 0 Å². The smallest absolute Gasteiger partial charge is 0.341 e. The van der Waals surface area contributed by atoms with Crippen molar-refractivity contribution in [3.05, 3.63) is 39.8 Å². The molecule has 0 amide bonds. The number of carbonyl (C=O) groups excluding carboxylic acids is 2. The Kier molecular flexibility index (Phi) is 26.0. The number of pyridine rings is 2. The second kappa shape index (κ2) is 31.0. The number of rotatable bonds is 24. The highest BCUT2D eigenvalue weighted by atomic mass is 16.7. The van der Waals surface area contributed by atoms with Crippen molar-refractivity contribution in [2.45, 2.75) is 206 Å². The molecule has 6 N–H and O–H groups in total. The van der Waals surface area contributed by atoms with Crippen LogP contribution in [-0.4, -0.2) is 222 Å². The van der Waals surface area contributed by atoms with Gasteiger partial charge in [0.1, 0.15) is 29.5 Å². The Morgan fingerprint density at radius 2 is 1.65 bits per heavy atom. The number of methoxy groups -OCH3 is 1. The second-order valence-electron chi connectivity index (χ2n) is 25.4. The Labute approximate surface area is 497 Å². The summed E-state index contributed by atoms with van der Waals surface area (Å²) in [4.78, 5) is 67.5. The maximum Gasteiger partial charge on any atom is 0.341 e. The van der Waals surface area contributed by atoms with Crippen molar-refractivity contribution >= 4 is 34.7 Å². The number of carbonyl (C=O) groups is 3. The molecule has 3 aliphatic heterocycles. The number of nitrogens with zero attached hydrogens (tertiary/aromatic N) is 6. The first kappa shape index (κ1) is 70.4. The van der Waals surface area contributed by atoms with Crippen LogP contribution in [0.3, 0.4) is 0 Å². The molecule has 478 valence electrons. The zero-order valence-electron chi connectivity index (χ0n) is 53.0. The highest BCUT2D eigenvalue weighted by Gasteiger charge is 2.52. The molecule has 0 radical (unpaired) electrons. The molecule has 2 aromatic rings. The first-order chi connectivity index (χ1) is 39.4. The number of oxime groups is 1. The number of hydrogen-bond donors (Lipinski definition) is 6. The summed E-state index contributed by atoms with van der Waals surface area (Å²) in [6.07, 6.45) is -0.329. The molecule has 0 saturated carbocycles. The van der Waals surface area contributed by atoms with Gasteiger partial charge < -0.3 is 78.9 Å². The molecule has 1 unspecified atom stereocenters. The van der Waals surface area contributed by atoms with Crippen LogP contribution in [0.1, 0.15) is 143 Å². The molecule has 0 aliphatic carbocycles. The van der Waals surface area contributed by atoms with Crippen LogP contribution in [0.5, 0.6) is 0 Å². The van der Waals surface area contributed by atoms with Crippen molar-refractivity contribution in [3.63, 3.8) is 0 Å². The first-order valence-corrected chi connectivity index (χ1v) is 30.3. The topological polar surface area (TPSA) is 286 Å². The Morgan fingerprint density at radius 1 is 0.952 bits per heavy atom. The van der Waals surface area contributed by atoms with E-state index in [1.165, 1.54) is 24.9 Å². The molecular formula is C61H103N7O16. The number of aromatic carboxylic acids is 1. The van der Waals surface area contributed by atoms with Gasteiger partial charge in [-0.2, -0.15) is 0 Å². The summed E-state index contributed by atoms with van der Waals surface area (Å²) in [6, 6.07) is 1.74. The van der Waals surface area contributed by atoms with Crippen LogP contribution in [0.25, 0.3) is 11.0 Å². The molecular weight excluding hydrogens is 1090 g/mol. The number of aromatic nitrogens is 2. The van der Waals surface area contributed by atoms with Gasteiger partial charge in [0.15, 0.2) is 18.0 Å². The van der Waals surface area contributed by atoms with Crippen LogP contribution in [0, 0.1) is 29.1 Å². The fourth-order valence-electron chi connectivity index (χ4n) is 12.7. The number of aliphatic hydroxyl groups is 4. The summed E-state index contributed by atoms with van der Waals surface area (Å²) >= 11 is 0. The zero-order chi connectivity index (χ0) is 62.6. The van der Waals surface area contributed by atoms with Gasteiger partial charge >= 0.3 is 17.9 Å². The fourth-order valence-corrected chi connectivity index (χ4v) is 12.7. The normalized spacial score (nSPS) is 33.2. The molecule has 3 aliphatic rings. The van der Waals surface area contributed by atoms with Crippen molar-refractivity contribution in [1.82, 2.24) is 24.8 Å². The van der Waals surface area contributed by atoms with E-state index in [1.54, 1.807) is 66.0 Å². The molecule has 0 spiro atoms. The van der Waals surface area contributed by atoms with Gasteiger partial charge in [0.2, 0.25) is 5.43 Å². The Bertz CT molecular complexity index is 2550. The second-order valence-corrected chi connectivity index (χ2v) is 25.4. The van der Waals surface area contributed by atoms with Crippen LogP contribution in [-0.2, 0) is 49.3 Å². The highest BCUT2D eigenvalue weighted by molar-refractivity contribution is 5.92. The molecule has 2 aromatic heterocycles. The number of hydrogen-bond acceptors (Lipinski definition) is 21. The zero-order valence-corrected chi connectivity index (χ0v) is 53.0. The monoisotopic (exact) mass is 1190 g/mol. The lowest BCUT2D eigenvalue weighted by atomic mass is 9.69. The van der Waals surface area contributed by atoms with Gasteiger partial charge in [0, 0.05) is 71.0 Å². The number of ether oxygens (including phenoxy) is 6. The third-order valence-electron chi connectivity index (χ3n) is 17.9. The average Bonchev–Trinajstić information content (AvgIpc) is 2.92. The van der Waals surface area contributed by atoms with E-state index in [-0.39, 0.29) is 54.9 Å². The van der Waals surface area contributed by atoms with Crippen LogP contribution in [0.15, 0.2) is 28.4 Å². The summed E-state index contributed by atoms with van der Waals surface area (Å²) in [6.45, 7) is 23.6. The van der Waals surface area contributed by atoms with Crippen LogP contribution >= 0.6 is 0 Å². The molecule has 5 rings (SSSR count). The van der Waals surface area contributed by atoms with Crippen LogP contribution in [0.4, 0.5) is 0 Å². The number of aryl methyl sites for hydroxylation is 1. The van der Waals surface area contributed by atoms with E-state index in [0.29, 0.717) is 56.9 Å². The summed E-state index contributed by atoms with van der Waals surface area (Å²) in [5, 5.41) is 66.5. The minimum absolute atomic E-state index is 0.0391. The number of aliphatic hydroxyl groups excluding tert-OH is 3. The number of esters is 2. The third-order valence-corrected chi connectivity index (χ3v) is 17.9. The fraction of sp³-hybridized carbons (Fsp3) is 0.803. The largest absolute Gasteiger partial charge is 0.477 e. The van der Waals surface area contributed by atoms with Gasteiger partial charge in [0.25, 0.3) is 0 Å². The van der Waals surface area contributed by atoms with Gasteiger partial charge in [-0.15, -0.1) is 0 Å². The van der Waals surface area contributed by atoms with Gasteiger partial charge in [-0.3, -0.25) is 14.4 Å². The SMILES string of the molecule is CC[C@H]1OC(=O)[C@H](C)[C@@H](O[C@H]2C[C@@](C)(OC)[C@@H](OC(=O)CCNCCCc3cnc4c(c3)c(=O)c(C(=O)O)cn4N(C)C)[C@H](C)O2)[C@H](C)[C@@H](O)C(C)(C)C[C@@H](C)/C(=N\OCCN(CC)CCC[C@@H]2C[C@H](N(C)C)[C@@H](O)CO2)C(C)[C@@H](O)[C@]1(C)O. The third kappa shape index (κ3) is 17.7. The predicted molar refractivity (Wildman–Crippen MR) is 318 cm³/mol. The molecule has 23 nitrogen and oxygen atoms in total. The van der Waals surface area contributed by atoms with Crippen LogP contribution in [0.2, 0.25) is 0 Å². The molecule has 16 atom stereocenters. The van der Waals surface area contributed by atoms with Crippen molar-refractivity contribution in [2.24, 2.45) is 34.2 Å². The van der Waals surface area contributed by atoms with E-state index >= 15 is 0 Å². The molecule has 23 heteroatoms. The minimum Gasteiger partial charge on any atom is -0.477 e. The van der Waals surface area contributed by atoms with Crippen molar-refractivity contribution < 1.29 is 73.2 Å². The van der Waals surface area contributed by atoms with Gasteiger partial charge in [-0.25, -0.2) is 14.5 Å². The van der Waals surface area contributed by atoms with E-state index in [1.807, 2.05) is 41.8 Å². The van der Waals surface area contributed by atoms with Gasteiger partial charge in [-0.1, -0.05) is 53.6 Å². The number of carboxylic acids is 1. The Morgan fingerprint density at radius 3 is 2.29 bits per heavy atom. The predicted octanol–water partition coefficient (Wildman–Crippen LogP) is 4.37. The van der Waals surface area contributed by atoms with E-state index in [4.69, 9.17) is 33.3 Å². The first-order valence-electron chi connectivity index (χ1n) is 30.3. The van der Waals surface area contributed by atoms with E-state index < -0.39 is 107 Å². The molecule has 0 bridgehead atoms. The number of fused-ring (bicyclic) bond motifs is 1. The number of cyclic esters (lactones) is 1. The molecule has 84 heavy (non-hydrogen) atoms. The minimum atomic E-state index is -1.93. The summed E-state index contributed by atoms with van der Waals surface area (Å²) in [7, 11) is 8.92. The van der Waals surface area contributed by atoms with E-state index in [0.717, 1.165) is 37.9 Å². The number of nitrogens with one attached hydrogen (secondary N) is 1. The molecule has 5 heterocycles. The van der Waals surface area contributed by atoms with Crippen molar-refractivity contribution in [2.75, 3.05) is 86.2 Å². The average molecular weight is 1190 g/mol. The Balaban J connectivity index is 1.22.